The molecule has 0 aromatic heterocycles. The Kier molecular flexibility index (Phi) is 6.17. The number of amides is 1. The lowest BCUT2D eigenvalue weighted by molar-refractivity contribution is -0.122. The lowest BCUT2D eigenvalue weighted by atomic mass is 10.2. The van der Waals surface area contributed by atoms with Gasteiger partial charge in [0.2, 0.25) is 5.91 Å². The van der Waals surface area contributed by atoms with E-state index in [0.717, 1.165) is 39.3 Å². The molecule has 3 N–H and O–H groups in total. The van der Waals surface area contributed by atoms with Crippen LogP contribution < -0.4 is 11.1 Å². The second-order valence-electron chi connectivity index (χ2n) is 5.68. The number of piperazine rings is 1. The molecule has 1 heterocycles. The van der Waals surface area contributed by atoms with E-state index < -0.39 is 6.04 Å². The van der Waals surface area contributed by atoms with Gasteiger partial charge in [-0.15, -0.1) is 0 Å². The van der Waals surface area contributed by atoms with E-state index in [1.54, 1.807) is 6.92 Å². The average molecular weight is 290 g/mol. The number of carbonyl (C=O) groups is 1. The zero-order valence-electron chi connectivity index (χ0n) is 12.8. The van der Waals surface area contributed by atoms with Crippen molar-refractivity contribution in [3.8, 4) is 0 Å². The molecule has 1 saturated heterocycles. The van der Waals surface area contributed by atoms with Crippen LogP contribution >= 0.6 is 0 Å². The van der Waals surface area contributed by atoms with E-state index in [1.807, 2.05) is 0 Å². The molecule has 1 aromatic carbocycles. The number of benzene rings is 1. The molecule has 0 saturated carbocycles. The van der Waals surface area contributed by atoms with Crippen LogP contribution in [0, 0.1) is 0 Å². The van der Waals surface area contributed by atoms with Crippen molar-refractivity contribution in [2.24, 2.45) is 5.73 Å². The number of hydrogen-bond donors (Lipinski definition) is 2. The predicted octanol–water partition coefficient (Wildman–Crippen LogP) is 0.268. The fourth-order valence-electron chi connectivity index (χ4n) is 2.51. The van der Waals surface area contributed by atoms with Gasteiger partial charge >= 0.3 is 0 Å². The van der Waals surface area contributed by atoms with Gasteiger partial charge in [0.15, 0.2) is 0 Å². The molecule has 1 aliphatic rings. The first kappa shape index (κ1) is 15.9. The summed E-state index contributed by atoms with van der Waals surface area (Å²) in [5.74, 6) is -0.0716. The molecule has 0 bridgehead atoms. The summed E-state index contributed by atoms with van der Waals surface area (Å²) >= 11 is 0. The van der Waals surface area contributed by atoms with Gasteiger partial charge in [-0.3, -0.25) is 14.6 Å². The zero-order chi connectivity index (χ0) is 15.1. The number of hydrogen-bond acceptors (Lipinski definition) is 4. The summed E-state index contributed by atoms with van der Waals surface area (Å²) in [7, 11) is 0. The Labute approximate surface area is 127 Å². The quantitative estimate of drug-likeness (QED) is 0.789. The highest BCUT2D eigenvalue weighted by atomic mass is 16.2. The maximum Gasteiger partial charge on any atom is 0.236 e. The summed E-state index contributed by atoms with van der Waals surface area (Å²) in [6.07, 6.45) is 0. The minimum Gasteiger partial charge on any atom is -0.353 e. The van der Waals surface area contributed by atoms with E-state index in [-0.39, 0.29) is 5.91 Å². The topological polar surface area (TPSA) is 61.6 Å². The molecule has 116 valence electrons. The lowest BCUT2D eigenvalue weighted by Crippen LogP contribution is -2.49. The number of nitrogens with two attached hydrogens (primary N) is 1. The Morgan fingerprint density at radius 2 is 1.81 bits per heavy atom. The van der Waals surface area contributed by atoms with Crippen molar-refractivity contribution in [3.63, 3.8) is 0 Å². The Morgan fingerprint density at radius 3 is 2.43 bits per heavy atom. The van der Waals surface area contributed by atoms with Crippen LogP contribution in [-0.4, -0.2) is 61.0 Å². The Morgan fingerprint density at radius 1 is 1.19 bits per heavy atom. The van der Waals surface area contributed by atoms with E-state index in [9.17, 15) is 4.79 Å². The molecular weight excluding hydrogens is 264 g/mol. The number of carbonyl (C=O) groups excluding carboxylic acids is 1. The Bertz CT molecular complexity index is 427. The summed E-state index contributed by atoms with van der Waals surface area (Å²) in [4.78, 5) is 16.2. The van der Waals surface area contributed by atoms with E-state index in [1.165, 1.54) is 5.56 Å². The molecule has 1 fully saturated rings. The first-order chi connectivity index (χ1) is 10.1. The molecule has 2 rings (SSSR count). The van der Waals surface area contributed by atoms with E-state index in [2.05, 4.69) is 45.4 Å². The van der Waals surface area contributed by atoms with Crippen LogP contribution in [0.5, 0.6) is 0 Å². The maximum absolute atomic E-state index is 11.4. The summed E-state index contributed by atoms with van der Waals surface area (Å²) in [5.41, 5.74) is 6.88. The summed E-state index contributed by atoms with van der Waals surface area (Å²) in [6.45, 7) is 8.58. The molecule has 5 heteroatoms. The van der Waals surface area contributed by atoms with Crippen LogP contribution in [0.2, 0.25) is 0 Å². The van der Waals surface area contributed by atoms with Crippen LogP contribution in [0.4, 0.5) is 0 Å². The molecule has 1 amide bonds. The second-order valence-corrected chi connectivity index (χ2v) is 5.68. The van der Waals surface area contributed by atoms with Gasteiger partial charge in [-0.25, -0.2) is 0 Å². The van der Waals surface area contributed by atoms with Crippen molar-refractivity contribution < 1.29 is 4.79 Å². The molecular formula is C16H26N4O. The molecule has 0 spiro atoms. The predicted molar refractivity (Wildman–Crippen MR) is 84.8 cm³/mol. The smallest absolute Gasteiger partial charge is 0.236 e. The van der Waals surface area contributed by atoms with Crippen LogP contribution in [0.25, 0.3) is 0 Å². The number of nitrogens with zero attached hydrogens (tertiary/aromatic N) is 2. The SMILES string of the molecule is C[C@@H](N)C(=O)NCCN1CCN(Cc2ccccc2)CC1. The van der Waals surface area contributed by atoms with Crippen LogP contribution in [0.3, 0.4) is 0 Å². The summed E-state index contributed by atoms with van der Waals surface area (Å²) < 4.78 is 0. The Balaban J connectivity index is 1.63. The van der Waals surface area contributed by atoms with Gasteiger partial charge in [-0.1, -0.05) is 30.3 Å². The molecule has 0 radical (unpaired) electrons. The highest BCUT2D eigenvalue weighted by molar-refractivity contribution is 5.80. The van der Waals surface area contributed by atoms with Gasteiger partial charge in [0.05, 0.1) is 6.04 Å². The molecule has 0 unspecified atom stereocenters. The molecule has 21 heavy (non-hydrogen) atoms. The zero-order valence-corrected chi connectivity index (χ0v) is 12.8. The normalized spacial score (nSPS) is 18.4. The molecule has 0 aliphatic carbocycles. The van der Waals surface area contributed by atoms with E-state index >= 15 is 0 Å². The minimum atomic E-state index is -0.423. The van der Waals surface area contributed by atoms with Crippen molar-refractivity contribution in [1.82, 2.24) is 15.1 Å². The van der Waals surface area contributed by atoms with Crippen LogP contribution in [-0.2, 0) is 11.3 Å². The first-order valence-electron chi connectivity index (χ1n) is 7.67. The van der Waals surface area contributed by atoms with Crippen molar-refractivity contribution in [2.45, 2.75) is 19.5 Å². The van der Waals surface area contributed by atoms with Crippen molar-refractivity contribution >= 4 is 5.91 Å². The van der Waals surface area contributed by atoms with Gasteiger partial charge in [0.25, 0.3) is 0 Å². The number of nitrogens with one attached hydrogen (secondary N) is 1. The molecule has 1 aromatic rings. The highest BCUT2D eigenvalue weighted by Crippen LogP contribution is 2.07. The number of rotatable bonds is 6. The highest BCUT2D eigenvalue weighted by Gasteiger charge is 2.16. The third-order valence-electron chi connectivity index (χ3n) is 3.85. The van der Waals surface area contributed by atoms with Gasteiger partial charge in [-0.05, 0) is 12.5 Å². The minimum absolute atomic E-state index is 0.0716. The fraction of sp³-hybridized carbons (Fsp3) is 0.562. The van der Waals surface area contributed by atoms with Crippen molar-refractivity contribution in [2.75, 3.05) is 39.3 Å². The molecule has 5 nitrogen and oxygen atoms in total. The summed E-state index contributed by atoms with van der Waals surface area (Å²) in [5, 5.41) is 2.86. The first-order valence-corrected chi connectivity index (χ1v) is 7.67. The van der Waals surface area contributed by atoms with Gasteiger partial charge in [0, 0.05) is 45.8 Å². The van der Waals surface area contributed by atoms with E-state index in [0.29, 0.717) is 6.54 Å². The van der Waals surface area contributed by atoms with Crippen LogP contribution in [0.1, 0.15) is 12.5 Å². The fourth-order valence-corrected chi connectivity index (χ4v) is 2.51. The largest absolute Gasteiger partial charge is 0.353 e. The van der Waals surface area contributed by atoms with E-state index in [4.69, 9.17) is 5.73 Å². The monoisotopic (exact) mass is 290 g/mol. The third kappa shape index (κ3) is 5.46. The van der Waals surface area contributed by atoms with Gasteiger partial charge < -0.3 is 11.1 Å². The Hall–Kier alpha value is -1.43. The summed E-state index contributed by atoms with van der Waals surface area (Å²) in [6, 6.07) is 10.2. The lowest BCUT2D eigenvalue weighted by Gasteiger charge is -2.34. The molecule has 1 aliphatic heterocycles. The third-order valence-corrected chi connectivity index (χ3v) is 3.85. The molecule has 1 atom stereocenters. The standard InChI is InChI=1S/C16H26N4O/c1-14(17)16(21)18-7-8-19-9-11-20(12-10-19)13-15-5-3-2-4-6-15/h2-6,14H,7-13,17H2,1H3,(H,18,21)/t14-/m1/s1. The maximum atomic E-state index is 11.4. The second kappa shape index (κ2) is 8.12. The van der Waals surface area contributed by atoms with Crippen molar-refractivity contribution in [3.05, 3.63) is 35.9 Å². The van der Waals surface area contributed by atoms with Gasteiger partial charge in [-0.2, -0.15) is 0 Å². The average Bonchev–Trinajstić information content (AvgIpc) is 2.50. The van der Waals surface area contributed by atoms with Gasteiger partial charge in [0.1, 0.15) is 0 Å². The van der Waals surface area contributed by atoms with Crippen LogP contribution in [0.15, 0.2) is 30.3 Å². The van der Waals surface area contributed by atoms with Crippen molar-refractivity contribution in [1.29, 1.82) is 0 Å².